The number of hydrogen-bond acceptors (Lipinski definition) is 4. The lowest BCUT2D eigenvalue weighted by atomic mass is 10.1. The van der Waals surface area contributed by atoms with Gasteiger partial charge in [0.1, 0.15) is 0 Å². The molecule has 6 nitrogen and oxygen atoms in total. The van der Waals surface area contributed by atoms with E-state index in [0.717, 1.165) is 33.2 Å². The SMILES string of the molecule is Cn1c2ccccc2c2c1ccc(=O)n2-c1ccc(-c2noc(I)n2)cc1. The van der Waals surface area contributed by atoms with E-state index in [9.17, 15) is 4.79 Å². The molecule has 0 spiro atoms. The van der Waals surface area contributed by atoms with Gasteiger partial charge >= 0.3 is 0 Å². The van der Waals surface area contributed by atoms with E-state index in [1.54, 1.807) is 10.6 Å². The third kappa shape index (κ3) is 2.49. The number of pyridine rings is 1. The molecule has 0 atom stereocenters. The van der Waals surface area contributed by atoms with Crippen LogP contribution in [0.5, 0.6) is 0 Å². The maximum atomic E-state index is 12.8. The second-order valence-electron chi connectivity index (χ2n) is 6.23. The normalized spacial score (nSPS) is 11.5. The first kappa shape index (κ1) is 16.2. The Morgan fingerprint density at radius 3 is 2.48 bits per heavy atom. The Hall–Kier alpha value is -2.94. The largest absolute Gasteiger partial charge is 0.342 e. The van der Waals surface area contributed by atoms with E-state index in [2.05, 4.69) is 20.8 Å². The van der Waals surface area contributed by atoms with Crippen molar-refractivity contribution >= 4 is 44.5 Å². The second kappa shape index (κ2) is 6.05. The fraction of sp³-hybridized carbons (Fsp3) is 0.0500. The molecule has 0 N–H and O–H groups in total. The van der Waals surface area contributed by atoms with E-state index in [-0.39, 0.29) is 5.56 Å². The monoisotopic (exact) mass is 468 g/mol. The van der Waals surface area contributed by atoms with Gasteiger partial charge in [0.25, 0.3) is 9.46 Å². The van der Waals surface area contributed by atoms with Gasteiger partial charge in [-0.2, -0.15) is 4.98 Å². The number of nitrogens with zero attached hydrogens (tertiary/aromatic N) is 4. The fourth-order valence-electron chi connectivity index (χ4n) is 3.49. The van der Waals surface area contributed by atoms with Crippen molar-refractivity contribution in [3.05, 3.63) is 74.9 Å². The molecule has 132 valence electrons. The molecule has 0 aliphatic carbocycles. The molecule has 0 fully saturated rings. The van der Waals surface area contributed by atoms with Gasteiger partial charge in [-0.25, -0.2) is 0 Å². The third-order valence-corrected chi connectivity index (χ3v) is 5.18. The maximum Gasteiger partial charge on any atom is 0.287 e. The van der Waals surface area contributed by atoms with Crippen LogP contribution in [-0.4, -0.2) is 19.3 Å². The predicted molar refractivity (Wildman–Crippen MR) is 112 cm³/mol. The van der Waals surface area contributed by atoms with Crippen LogP contribution in [0.25, 0.3) is 39.0 Å². The number of fused-ring (bicyclic) bond motifs is 3. The highest BCUT2D eigenvalue weighted by Crippen LogP contribution is 2.29. The van der Waals surface area contributed by atoms with Crippen molar-refractivity contribution < 1.29 is 4.52 Å². The van der Waals surface area contributed by atoms with Gasteiger partial charge in [0, 0.05) is 52.3 Å². The Morgan fingerprint density at radius 1 is 0.963 bits per heavy atom. The summed E-state index contributed by atoms with van der Waals surface area (Å²) in [6.45, 7) is 0. The zero-order chi connectivity index (χ0) is 18.5. The van der Waals surface area contributed by atoms with Crippen molar-refractivity contribution in [2.45, 2.75) is 0 Å². The Labute approximate surface area is 167 Å². The lowest BCUT2D eigenvalue weighted by molar-refractivity contribution is 0.394. The highest BCUT2D eigenvalue weighted by molar-refractivity contribution is 14.1. The van der Waals surface area contributed by atoms with Gasteiger partial charge in [0.2, 0.25) is 5.82 Å². The fourth-order valence-corrected chi connectivity index (χ4v) is 3.82. The highest BCUT2D eigenvalue weighted by Gasteiger charge is 2.14. The standard InChI is InChI=1S/C20H13IN4O2/c1-24-15-5-3-2-4-14(15)18-16(24)10-11-17(26)25(18)13-8-6-12(7-9-13)19-22-20(21)27-23-19/h2-11H,1H3. The summed E-state index contributed by atoms with van der Waals surface area (Å²) < 4.78 is 9.38. The number of benzene rings is 2. The first-order chi connectivity index (χ1) is 13.1. The average Bonchev–Trinajstić information content (AvgIpc) is 3.25. The Bertz CT molecular complexity index is 1360. The van der Waals surface area contributed by atoms with Crippen molar-refractivity contribution in [3.8, 4) is 17.1 Å². The van der Waals surface area contributed by atoms with Crippen LogP contribution < -0.4 is 5.56 Å². The molecule has 2 aromatic carbocycles. The number of rotatable bonds is 2. The summed E-state index contributed by atoms with van der Waals surface area (Å²) in [5, 5.41) is 4.98. The molecule has 7 heteroatoms. The van der Waals surface area contributed by atoms with Gasteiger partial charge in [-0.3, -0.25) is 9.36 Å². The van der Waals surface area contributed by atoms with Gasteiger partial charge in [0.15, 0.2) is 0 Å². The number of hydrogen-bond donors (Lipinski definition) is 0. The molecule has 3 heterocycles. The van der Waals surface area contributed by atoms with Crippen LogP contribution in [0.1, 0.15) is 0 Å². The van der Waals surface area contributed by atoms with Crippen molar-refractivity contribution in [1.82, 2.24) is 19.3 Å². The molecular formula is C20H13IN4O2. The molecule has 27 heavy (non-hydrogen) atoms. The minimum Gasteiger partial charge on any atom is -0.342 e. The summed E-state index contributed by atoms with van der Waals surface area (Å²) in [6, 6.07) is 19.2. The molecule has 0 bridgehead atoms. The lowest BCUT2D eigenvalue weighted by Gasteiger charge is -2.09. The van der Waals surface area contributed by atoms with Gasteiger partial charge in [-0.15, -0.1) is 0 Å². The van der Waals surface area contributed by atoms with Gasteiger partial charge in [0.05, 0.1) is 16.6 Å². The van der Waals surface area contributed by atoms with E-state index in [0.29, 0.717) is 9.72 Å². The molecule has 0 saturated carbocycles. The number of para-hydroxylation sites is 1. The van der Waals surface area contributed by atoms with Crippen LogP contribution in [-0.2, 0) is 7.05 Å². The molecular weight excluding hydrogens is 455 g/mol. The molecule has 0 aliphatic rings. The predicted octanol–water partition coefficient (Wildman–Crippen LogP) is 4.14. The minimum atomic E-state index is -0.0688. The average molecular weight is 468 g/mol. The zero-order valence-corrected chi connectivity index (χ0v) is 16.4. The van der Waals surface area contributed by atoms with E-state index in [1.807, 2.05) is 78.2 Å². The Morgan fingerprint density at radius 2 is 1.74 bits per heavy atom. The van der Waals surface area contributed by atoms with Crippen molar-refractivity contribution in [3.63, 3.8) is 0 Å². The first-order valence-corrected chi connectivity index (χ1v) is 9.40. The van der Waals surface area contributed by atoms with Gasteiger partial charge in [-0.1, -0.05) is 23.4 Å². The molecule has 5 rings (SSSR count). The van der Waals surface area contributed by atoms with Gasteiger partial charge < -0.3 is 9.09 Å². The maximum absolute atomic E-state index is 12.8. The van der Waals surface area contributed by atoms with Crippen LogP contribution in [0, 0.1) is 3.90 Å². The van der Waals surface area contributed by atoms with E-state index in [1.165, 1.54) is 0 Å². The minimum absolute atomic E-state index is 0.0688. The van der Waals surface area contributed by atoms with Gasteiger partial charge in [-0.05, 0) is 36.4 Å². The molecule has 0 unspecified atom stereocenters. The Kier molecular flexibility index (Phi) is 3.64. The summed E-state index contributed by atoms with van der Waals surface area (Å²) in [6.07, 6.45) is 0. The quantitative estimate of drug-likeness (QED) is 0.366. The summed E-state index contributed by atoms with van der Waals surface area (Å²) in [5.41, 5.74) is 4.56. The number of aromatic nitrogens is 4. The topological polar surface area (TPSA) is 65.8 Å². The van der Waals surface area contributed by atoms with Crippen molar-refractivity contribution in [2.24, 2.45) is 7.05 Å². The Balaban J connectivity index is 1.76. The smallest absolute Gasteiger partial charge is 0.287 e. The summed E-state index contributed by atoms with van der Waals surface area (Å²) in [7, 11) is 2.01. The van der Waals surface area contributed by atoms with Crippen molar-refractivity contribution in [2.75, 3.05) is 0 Å². The van der Waals surface area contributed by atoms with Crippen LogP contribution in [0.3, 0.4) is 0 Å². The second-order valence-corrected chi connectivity index (χ2v) is 7.16. The molecule has 0 amide bonds. The van der Waals surface area contributed by atoms with E-state index < -0.39 is 0 Å². The number of halogens is 1. The van der Waals surface area contributed by atoms with E-state index in [4.69, 9.17) is 4.52 Å². The lowest BCUT2D eigenvalue weighted by Crippen LogP contribution is -2.17. The molecule has 0 aliphatic heterocycles. The zero-order valence-electron chi connectivity index (χ0n) is 14.3. The molecule has 5 aromatic rings. The molecule has 0 radical (unpaired) electrons. The molecule has 3 aromatic heterocycles. The molecule has 0 saturated heterocycles. The van der Waals surface area contributed by atoms with Crippen LogP contribution in [0.2, 0.25) is 0 Å². The van der Waals surface area contributed by atoms with Crippen LogP contribution >= 0.6 is 22.6 Å². The highest BCUT2D eigenvalue weighted by atomic mass is 127. The summed E-state index contributed by atoms with van der Waals surface area (Å²) in [5.74, 6) is 0.529. The summed E-state index contributed by atoms with van der Waals surface area (Å²) in [4.78, 5) is 17.0. The van der Waals surface area contributed by atoms with Crippen molar-refractivity contribution in [1.29, 1.82) is 0 Å². The van der Waals surface area contributed by atoms with E-state index >= 15 is 0 Å². The summed E-state index contributed by atoms with van der Waals surface area (Å²) >= 11 is 1.98. The number of aryl methyl sites for hydroxylation is 1. The van der Waals surface area contributed by atoms with Crippen LogP contribution in [0.4, 0.5) is 0 Å². The first-order valence-electron chi connectivity index (χ1n) is 8.33. The van der Waals surface area contributed by atoms with Crippen LogP contribution in [0.15, 0.2) is 70.0 Å². The third-order valence-electron chi connectivity index (χ3n) is 4.74.